The Morgan fingerprint density at radius 1 is 1.00 bits per heavy atom. The van der Waals surface area contributed by atoms with Crippen molar-refractivity contribution in [1.82, 2.24) is 0 Å². The molecule has 2 atom stereocenters. The molecule has 1 aliphatic carbocycles. The van der Waals surface area contributed by atoms with E-state index in [0.717, 1.165) is 0 Å². The maximum atomic E-state index is 12.8. The number of alkyl halides is 5. The molecule has 0 aromatic carbocycles. The van der Waals surface area contributed by atoms with E-state index in [2.05, 4.69) is 4.74 Å². The highest BCUT2D eigenvalue weighted by atomic mass is 19.3. The topological polar surface area (TPSA) is 9.23 Å². The molecule has 0 saturated heterocycles. The zero-order chi connectivity index (χ0) is 10.0. The van der Waals surface area contributed by atoms with E-state index in [-0.39, 0.29) is 0 Å². The van der Waals surface area contributed by atoms with Crippen molar-refractivity contribution in [3.8, 4) is 0 Å². The molecule has 0 bridgehead atoms. The predicted octanol–water partition coefficient (Wildman–Crippen LogP) is 2.40. The van der Waals surface area contributed by atoms with Gasteiger partial charge in [0.05, 0.1) is 0 Å². The van der Waals surface area contributed by atoms with Gasteiger partial charge >= 0.3 is 6.61 Å². The van der Waals surface area contributed by atoms with E-state index in [1.54, 1.807) is 0 Å². The van der Waals surface area contributed by atoms with Crippen LogP contribution in [0.2, 0.25) is 0 Å². The number of halogens is 5. The zero-order valence-electron chi connectivity index (χ0n) is 6.60. The molecule has 2 unspecified atom stereocenters. The molecule has 0 heterocycles. The fourth-order valence-electron chi connectivity index (χ4n) is 1.37. The van der Waals surface area contributed by atoms with Crippen LogP contribution in [0.25, 0.3) is 0 Å². The van der Waals surface area contributed by atoms with Crippen molar-refractivity contribution in [3.05, 3.63) is 0 Å². The van der Waals surface area contributed by atoms with Crippen LogP contribution in [-0.4, -0.2) is 31.2 Å². The van der Waals surface area contributed by atoms with Crippen molar-refractivity contribution in [2.75, 3.05) is 0 Å². The van der Waals surface area contributed by atoms with Crippen LogP contribution >= 0.6 is 0 Å². The molecule has 6 heteroatoms. The van der Waals surface area contributed by atoms with E-state index in [4.69, 9.17) is 0 Å². The number of hydrogen-bond donors (Lipinski definition) is 0. The minimum absolute atomic E-state index is 0.572. The second-order valence-corrected chi connectivity index (χ2v) is 2.96. The number of rotatable bonds is 2. The summed E-state index contributed by atoms with van der Waals surface area (Å²) in [5, 5.41) is 0. The van der Waals surface area contributed by atoms with Crippen molar-refractivity contribution in [2.45, 2.75) is 44.1 Å². The lowest BCUT2D eigenvalue weighted by Gasteiger charge is -2.30. The summed E-state index contributed by atoms with van der Waals surface area (Å²) in [7, 11) is 0. The molecule has 0 aromatic heterocycles. The highest BCUT2D eigenvalue weighted by Crippen LogP contribution is 2.29. The maximum Gasteiger partial charge on any atom is 0.345 e. The maximum absolute atomic E-state index is 12.8. The SMILES string of the molecule is FC1CC(F)C(OC(F)F)C(F)C1. The van der Waals surface area contributed by atoms with Gasteiger partial charge in [-0.2, -0.15) is 8.78 Å². The fraction of sp³-hybridized carbons (Fsp3) is 1.00. The third-order valence-corrected chi connectivity index (χ3v) is 1.93. The summed E-state index contributed by atoms with van der Waals surface area (Å²) in [5.74, 6) is 0. The first kappa shape index (κ1) is 10.7. The molecular weight excluding hydrogens is 195 g/mol. The van der Waals surface area contributed by atoms with Crippen molar-refractivity contribution in [3.63, 3.8) is 0 Å². The Labute approximate surface area is 71.9 Å². The summed E-state index contributed by atoms with van der Waals surface area (Å²) in [6.45, 7) is -3.22. The van der Waals surface area contributed by atoms with Crippen LogP contribution in [0, 0.1) is 0 Å². The number of ether oxygens (including phenoxy) is 1. The van der Waals surface area contributed by atoms with Gasteiger partial charge in [-0.3, -0.25) is 0 Å². The van der Waals surface area contributed by atoms with Crippen LogP contribution in [0.4, 0.5) is 22.0 Å². The molecule has 1 aliphatic rings. The molecule has 0 radical (unpaired) electrons. The van der Waals surface area contributed by atoms with Crippen LogP contribution in [0.15, 0.2) is 0 Å². The summed E-state index contributed by atoms with van der Waals surface area (Å²) < 4.78 is 65.0. The quantitative estimate of drug-likeness (QED) is 0.627. The Morgan fingerprint density at radius 3 is 1.85 bits per heavy atom. The lowest BCUT2D eigenvalue weighted by molar-refractivity contribution is -0.206. The molecule has 1 saturated carbocycles. The monoisotopic (exact) mass is 204 g/mol. The predicted molar refractivity (Wildman–Crippen MR) is 34.8 cm³/mol. The van der Waals surface area contributed by atoms with E-state index in [1.807, 2.05) is 0 Å². The number of hydrogen-bond acceptors (Lipinski definition) is 1. The van der Waals surface area contributed by atoms with Crippen molar-refractivity contribution in [2.24, 2.45) is 0 Å². The highest BCUT2D eigenvalue weighted by molar-refractivity contribution is 4.87. The average molecular weight is 204 g/mol. The molecule has 1 nitrogen and oxygen atoms in total. The van der Waals surface area contributed by atoms with E-state index >= 15 is 0 Å². The third kappa shape index (κ3) is 2.79. The fourth-order valence-corrected chi connectivity index (χ4v) is 1.37. The van der Waals surface area contributed by atoms with Gasteiger partial charge in [0.25, 0.3) is 0 Å². The normalized spacial score (nSPS) is 41.1. The molecule has 0 aliphatic heterocycles. The van der Waals surface area contributed by atoms with Gasteiger partial charge in [0.2, 0.25) is 0 Å². The molecule has 1 rings (SSSR count). The average Bonchev–Trinajstić information content (AvgIpc) is 1.96. The van der Waals surface area contributed by atoms with Crippen LogP contribution < -0.4 is 0 Å². The Hall–Kier alpha value is -0.390. The lowest BCUT2D eigenvalue weighted by Crippen LogP contribution is -2.43. The molecule has 0 spiro atoms. The first-order chi connectivity index (χ1) is 6.00. The summed E-state index contributed by atoms with van der Waals surface area (Å²) in [6.07, 6.45) is -8.56. The van der Waals surface area contributed by atoms with E-state index in [9.17, 15) is 22.0 Å². The van der Waals surface area contributed by atoms with Crippen molar-refractivity contribution in [1.29, 1.82) is 0 Å². The smallest absolute Gasteiger partial charge is 0.313 e. The second kappa shape index (κ2) is 4.21. The Morgan fingerprint density at radius 2 is 1.46 bits per heavy atom. The van der Waals surface area contributed by atoms with E-state index in [1.165, 1.54) is 0 Å². The largest absolute Gasteiger partial charge is 0.345 e. The third-order valence-electron chi connectivity index (χ3n) is 1.93. The molecule has 0 N–H and O–H groups in total. The Balaban J connectivity index is 2.51. The summed E-state index contributed by atoms with van der Waals surface area (Å²) in [6, 6.07) is 0. The summed E-state index contributed by atoms with van der Waals surface area (Å²) >= 11 is 0. The van der Waals surface area contributed by atoms with Gasteiger partial charge in [-0.1, -0.05) is 0 Å². The van der Waals surface area contributed by atoms with Crippen molar-refractivity contribution < 1.29 is 26.7 Å². The minimum atomic E-state index is -3.22. The van der Waals surface area contributed by atoms with Crippen molar-refractivity contribution >= 4 is 0 Å². The summed E-state index contributed by atoms with van der Waals surface area (Å²) in [5.41, 5.74) is 0. The molecular formula is C7H9F5O. The van der Waals surface area contributed by atoms with Gasteiger partial charge < -0.3 is 4.74 Å². The Kier molecular flexibility index (Phi) is 3.47. The standard InChI is InChI=1S/C7H9F5O/c8-3-1-4(9)6(5(10)2-3)13-7(11)12/h3-7H,1-2H2. The van der Waals surface area contributed by atoms with Gasteiger partial charge in [-0.15, -0.1) is 0 Å². The second-order valence-electron chi connectivity index (χ2n) is 2.96. The van der Waals surface area contributed by atoms with Gasteiger partial charge in [-0.05, 0) is 0 Å². The first-order valence-electron chi connectivity index (χ1n) is 3.86. The van der Waals surface area contributed by atoms with Crippen LogP contribution in [-0.2, 0) is 4.74 Å². The highest BCUT2D eigenvalue weighted by Gasteiger charge is 2.40. The molecule has 13 heavy (non-hydrogen) atoms. The van der Waals surface area contributed by atoms with Gasteiger partial charge in [0, 0.05) is 12.8 Å². The lowest BCUT2D eigenvalue weighted by atomic mass is 9.92. The minimum Gasteiger partial charge on any atom is -0.313 e. The molecule has 78 valence electrons. The Bertz CT molecular complexity index is 153. The van der Waals surface area contributed by atoms with Gasteiger partial charge in [0.1, 0.15) is 24.6 Å². The van der Waals surface area contributed by atoms with Gasteiger partial charge in [-0.25, -0.2) is 13.2 Å². The summed E-state index contributed by atoms with van der Waals surface area (Å²) in [4.78, 5) is 0. The molecule has 1 fully saturated rings. The zero-order valence-corrected chi connectivity index (χ0v) is 6.60. The van der Waals surface area contributed by atoms with Crippen LogP contribution in [0.3, 0.4) is 0 Å². The van der Waals surface area contributed by atoms with Crippen LogP contribution in [0.1, 0.15) is 12.8 Å². The molecule has 0 aromatic rings. The first-order valence-corrected chi connectivity index (χ1v) is 3.86. The van der Waals surface area contributed by atoms with E-state index in [0.29, 0.717) is 0 Å². The van der Waals surface area contributed by atoms with E-state index < -0.39 is 44.1 Å². The van der Waals surface area contributed by atoms with Gasteiger partial charge in [0.15, 0.2) is 0 Å². The van der Waals surface area contributed by atoms with Crippen LogP contribution in [0.5, 0.6) is 0 Å². The molecule has 0 amide bonds.